The van der Waals surface area contributed by atoms with Crippen LogP contribution in [0.25, 0.3) is 0 Å². The first-order chi connectivity index (χ1) is 8.99. The predicted molar refractivity (Wildman–Crippen MR) is 68.7 cm³/mol. The van der Waals surface area contributed by atoms with Crippen molar-refractivity contribution in [3.63, 3.8) is 0 Å². The fourth-order valence-electron chi connectivity index (χ4n) is 1.93. The summed E-state index contributed by atoms with van der Waals surface area (Å²) in [6.45, 7) is 1.49. The third kappa shape index (κ3) is 11.5. The zero-order valence-electron chi connectivity index (χ0n) is 11.3. The van der Waals surface area contributed by atoms with Gasteiger partial charge in [-0.05, 0) is 26.2 Å². The Labute approximate surface area is 118 Å². The molecule has 0 aromatic rings. The molecular weight excluding hydrogens is 292 g/mol. The fourth-order valence-corrected chi connectivity index (χ4v) is 2.54. The van der Waals surface area contributed by atoms with E-state index in [2.05, 4.69) is 0 Å². The molecular formula is C11H23O8S-. The molecule has 9 heteroatoms. The van der Waals surface area contributed by atoms with Gasteiger partial charge in [0, 0.05) is 6.42 Å². The molecule has 0 aliphatic heterocycles. The highest BCUT2D eigenvalue weighted by Crippen LogP contribution is 2.13. The average Bonchev–Trinajstić information content (AvgIpc) is 2.09. The molecule has 0 saturated carbocycles. The number of aliphatic hydroxyl groups is 5. The zero-order chi connectivity index (χ0) is 15.9. The second-order valence-electron chi connectivity index (χ2n) is 5.13. The standard InChI is InChI=1S/C11H24O8S/c1-7(12)2-8(13)3-9(14)4-10(15)5-11(16)6-20(17,18)19/h7-16H,2-6H2,1H3,(H,17,18,19)/p-1. The van der Waals surface area contributed by atoms with E-state index in [0.29, 0.717) is 0 Å². The topological polar surface area (TPSA) is 158 Å². The Morgan fingerprint density at radius 2 is 1.15 bits per heavy atom. The van der Waals surface area contributed by atoms with Gasteiger partial charge in [0.2, 0.25) is 0 Å². The van der Waals surface area contributed by atoms with E-state index in [1.165, 1.54) is 6.92 Å². The Kier molecular flexibility index (Phi) is 8.75. The molecule has 5 N–H and O–H groups in total. The van der Waals surface area contributed by atoms with Crippen molar-refractivity contribution < 1.29 is 38.5 Å². The van der Waals surface area contributed by atoms with Crippen molar-refractivity contribution in [2.45, 2.75) is 63.1 Å². The maximum atomic E-state index is 10.4. The number of aliphatic hydroxyl groups excluding tert-OH is 5. The lowest BCUT2D eigenvalue weighted by Gasteiger charge is -2.21. The largest absolute Gasteiger partial charge is 0.748 e. The molecule has 0 fully saturated rings. The van der Waals surface area contributed by atoms with Gasteiger partial charge in [-0.15, -0.1) is 0 Å². The zero-order valence-corrected chi connectivity index (χ0v) is 12.1. The molecule has 0 aliphatic rings. The Morgan fingerprint density at radius 3 is 1.50 bits per heavy atom. The lowest BCUT2D eigenvalue weighted by Crippen LogP contribution is -2.29. The highest BCUT2D eigenvalue weighted by Gasteiger charge is 2.20. The van der Waals surface area contributed by atoms with Crippen molar-refractivity contribution in [3.05, 3.63) is 0 Å². The fraction of sp³-hybridized carbons (Fsp3) is 1.00. The summed E-state index contributed by atoms with van der Waals surface area (Å²) in [6.07, 6.45) is -5.90. The van der Waals surface area contributed by atoms with Crippen LogP contribution in [0.1, 0.15) is 32.6 Å². The molecule has 0 radical (unpaired) electrons. The predicted octanol–water partition coefficient (Wildman–Crippen LogP) is -2.08. The lowest BCUT2D eigenvalue weighted by atomic mass is 9.99. The molecule has 0 aromatic carbocycles. The van der Waals surface area contributed by atoms with Crippen LogP contribution in [-0.4, -0.2) is 74.8 Å². The van der Waals surface area contributed by atoms with E-state index in [0.717, 1.165) is 0 Å². The summed E-state index contributed by atoms with van der Waals surface area (Å²) in [5.74, 6) is -0.995. The van der Waals surface area contributed by atoms with Crippen LogP contribution in [0.2, 0.25) is 0 Å². The first-order valence-electron chi connectivity index (χ1n) is 6.33. The van der Waals surface area contributed by atoms with Gasteiger partial charge in [-0.3, -0.25) is 0 Å². The second kappa shape index (κ2) is 8.88. The molecule has 122 valence electrons. The summed E-state index contributed by atoms with van der Waals surface area (Å²) in [7, 11) is -4.57. The van der Waals surface area contributed by atoms with Gasteiger partial charge < -0.3 is 30.1 Å². The lowest BCUT2D eigenvalue weighted by molar-refractivity contribution is 0.0110. The third-order valence-electron chi connectivity index (χ3n) is 2.64. The molecule has 0 amide bonds. The Hall–Kier alpha value is -0.290. The van der Waals surface area contributed by atoms with E-state index in [4.69, 9.17) is 5.11 Å². The molecule has 5 atom stereocenters. The summed E-state index contributed by atoms with van der Waals surface area (Å²) < 4.78 is 31.2. The Balaban J connectivity index is 4.04. The summed E-state index contributed by atoms with van der Waals surface area (Å²) >= 11 is 0. The van der Waals surface area contributed by atoms with Crippen LogP contribution in [-0.2, 0) is 10.1 Å². The highest BCUT2D eigenvalue weighted by atomic mass is 32.2. The van der Waals surface area contributed by atoms with Gasteiger partial charge in [-0.2, -0.15) is 0 Å². The first kappa shape index (κ1) is 19.7. The van der Waals surface area contributed by atoms with Gasteiger partial charge in [-0.25, -0.2) is 8.42 Å². The molecule has 0 aliphatic carbocycles. The van der Waals surface area contributed by atoms with Crippen molar-refractivity contribution in [1.82, 2.24) is 0 Å². The van der Waals surface area contributed by atoms with Crippen LogP contribution in [0.5, 0.6) is 0 Å². The van der Waals surface area contributed by atoms with E-state index in [-0.39, 0.29) is 25.7 Å². The van der Waals surface area contributed by atoms with Crippen molar-refractivity contribution in [1.29, 1.82) is 0 Å². The van der Waals surface area contributed by atoms with E-state index in [1.54, 1.807) is 0 Å². The van der Waals surface area contributed by atoms with Crippen LogP contribution in [0.4, 0.5) is 0 Å². The van der Waals surface area contributed by atoms with Gasteiger partial charge >= 0.3 is 0 Å². The molecule has 20 heavy (non-hydrogen) atoms. The Morgan fingerprint density at radius 1 is 0.800 bits per heavy atom. The average molecular weight is 315 g/mol. The van der Waals surface area contributed by atoms with Crippen LogP contribution in [0.15, 0.2) is 0 Å². The van der Waals surface area contributed by atoms with Crippen LogP contribution in [0.3, 0.4) is 0 Å². The van der Waals surface area contributed by atoms with Crippen molar-refractivity contribution in [2.75, 3.05) is 5.75 Å². The maximum absolute atomic E-state index is 10.4. The highest BCUT2D eigenvalue weighted by molar-refractivity contribution is 7.85. The monoisotopic (exact) mass is 315 g/mol. The van der Waals surface area contributed by atoms with Gasteiger partial charge in [0.25, 0.3) is 0 Å². The van der Waals surface area contributed by atoms with Crippen molar-refractivity contribution in [2.24, 2.45) is 0 Å². The number of rotatable bonds is 10. The SMILES string of the molecule is CC(O)CC(O)CC(O)CC(O)CC(O)CS(=O)(=O)[O-]. The summed E-state index contributed by atoms with van der Waals surface area (Å²) in [5, 5.41) is 46.9. The van der Waals surface area contributed by atoms with E-state index in [1.807, 2.05) is 0 Å². The van der Waals surface area contributed by atoms with Crippen molar-refractivity contribution >= 4 is 10.1 Å². The van der Waals surface area contributed by atoms with Crippen LogP contribution >= 0.6 is 0 Å². The quantitative estimate of drug-likeness (QED) is 0.287. The molecule has 0 bridgehead atoms. The summed E-state index contributed by atoms with van der Waals surface area (Å²) in [6, 6.07) is 0. The van der Waals surface area contributed by atoms with Gasteiger partial charge in [0.05, 0.1) is 46.4 Å². The third-order valence-corrected chi connectivity index (χ3v) is 3.44. The minimum Gasteiger partial charge on any atom is -0.748 e. The van der Waals surface area contributed by atoms with E-state index < -0.39 is 46.4 Å². The first-order valence-corrected chi connectivity index (χ1v) is 7.91. The Bertz CT molecular complexity index is 355. The second-order valence-corrected chi connectivity index (χ2v) is 6.58. The minimum atomic E-state index is -4.57. The number of hydrogen-bond donors (Lipinski definition) is 5. The van der Waals surface area contributed by atoms with Gasteiger partial charge in [0.1, 0.15) is 0 Å². The normalized spacial score (nSPS) is 20.1. The minimum absolute atomic E-state index is 0.0576. The molecule has 0 aromatic heterocycles. The van der Waals surface area contributed by atoms with Gasteiger partial charge in [0.15, 0.2) is 0 Å². The van der Waals surface area contributed by atoms with Crippen LogP contribution in [0, 0.1) is 0 Å². The molecule has 0 saturated heterocycles. The molecule has 0 heterocycles. The maximum Gasteiger partial charge on any atom is 0.0971 e. The van der Waals surface area contributed by atoms with E-state index >= 15 is 0 Å². The summed E-state index contributed by atoms with van der Waals surface area (Å²) in [4.78, 5) is 0. The molecule has 5 unspecified atom stereocenters. The van der Waals surface area contributed by atoms with Gasteiger partial charge in [-0.1, -0.05) is 0 Å². The molecule has 0 spiro atoms. The summed E-state index contributed by atoms with van der Waals surface area (Å²) in [5.41, 5.74) is 0. The molecule has 0 rings (SSSR count). The molecule has 8 nitrogen and oxygen atoms in total. The van der Waals surface area contributed by atoms with Crippen molar-refractivity contribution in [3.8, 4) is 0 Å². The van der Waals surface area contributed by atoms with E-state index in [9.17, 15) is 33.4 Å². The smallest absolute Gasteiger partial charge is 0.0971 e. The number of hydrogen-bond acceptors (Lipinski definition) is 8. The van der Waals surface area contributed by atoms with Crippen LogP contribution < -0.4 is 0 Å².